The third kappa shape index (κ3) is 5.37. The van der Waals surface area contributed by atoms with Gasteiger partial charge in [0, 0.05) is 45.4 Å². The lowest BCUT2D eigenvalue weighted by atomic mass is 10.1. The molecule has 0 atom stereocenters. The average Bonchev–Trinajstić information content (AvgIpc) is 3.12. The Morgan fingerprint density at radius 1 is 1.23 bits per heavy atom. The van der Waals surface area contributed by atoms with Crippen molar-refractivity contribution < 1.29 is 18.4 Å². The fourth-order valence-corrected chi connectivity index (χ4v) is 3.64. The van der Waals surface area contributed by atoms with Crippen molar-refractivity contribution in [2.45, 2.75) is 20.4 Å². The lowest BCUT2D eigenvalue weighted by Crippen LogP contribution is -2.45. The van der Waals surface area contributed by atoms with Crippen molar-refractivity contribution in [3.63, 3.8) is 0 Å². The Kier molecular flexibility index (Phi) is 7.44. The fraction of sp³-hybridized carbons (Fsp3) is 0.545. The number of carbonyl (C=O) groups is 1. The van der Waals surface area contributed by atoms with Crippen LogP contribution in [0.15, 0.2) is 28.8 Å². The van der Waals surface area contributed by atoms with Gasteiger partial charge in [-0.3, -0.25) is 4.79 Å². The second-order valence-corrected chi connectivity index (χ2v) is 8.21. The third-order valence-electron chi connectivity index (χ3n) is 5.23. The smallest absolute Gasteiger partial charge is 0.248 e. The van der Waals surface area contributed by atoms with Crippen LogP contribution in [0.25, 0.3) is 11.3 Å². The minimum Gasteiger partial charge on any atom is -0.375 e. The van der Waals surface area contributed by atoms with E-state index < -0.39 is 0 Å². The number of carbonyl (C=O) groups excluding carboxylic acids is 1. The molecule has 1 aromatic carbocycles. The minimum atomic E-state index is -0.306. The predicted octanol–water partition coefficient (Wildman–Crippen LogP) is 2.86. The van der Waals surface area contributed by atoms with Crippen LogP contribution in [0.3, 0.4) is 0 Å². The summed E-state index contributed by atoms with van der Waals surface area (Å²) >= 11 is 0. The van der Waals surface area contributed by atoms with Crippen molar-refractivity contribution in [2.24, 2.45) is 5.92 Å². The third-order valence-corrected chi connectivity index (χ3v) is 5.23. The number of benzene rings is 1. The predicted molar refractivity (Wildman–Crippen MR) is 114 cm³/mol. The number of piperazine rings is 1. The maximum absolute atomic E-state index is 13.5. The Hall–Kier alpha value is -2.45. The molecule has 2 aromatic rings. The molecule has 164 valence electrons. The first-order valence-electron chi connectivity index (χ1n) is 10.3. The maximum atomic E-state index is 13.5. The molecule has 2 heterocycles. The van der Waals surface area contributed by atoms with E-state index in [0.29, 0.717) is 30.6 Å². The first-order valence-corrected chi connectivity index (χ1v) is 10.3. The number of aromatic nitrogens is 1. The second kappa shape index (κ2) is 10.0. The van der Waals surface area contributed by atoms with Crippen LogP contribution in [0.4, 0.5) is 10.3 Å². The van der Waals surface area contributed by atoms with E-state index in [4.69, 9.17) is 9.26 Å². The largest absolute Gasteiger partial charge is 0.375 e. The topological polar surface area (TPSA) is 62.1 Å². The summed E-state index contributed by atoms with van der Waals surface area (Å²) in [6.07, 6.45) is 0. The summed E-state index contributed by atoms with van der Waals surface area (Å²) in [5, 5.41) is 4.33. The zero-order valence-corrected chi connectivity index (χ0v) is 18.2. The molecule has 0 bridgehead atoms. The number of anilines is 1. The molecule has 0 aliphatic carbocycles. The van der Waals surface area contributed by atoms with Crippen molar-refractivity contribution in [1.82, 2.24) is 15.0 Å². The molecule has 1 saturated heterocycles. The van der Waals surface area contributed by atoms with E-state index in [-0.39, 0.29) is 18.3 Å². The fourth-order valence-electron chi connectivity index (χ4n) is 3.64. The van der Waals surface area contributed by atoms with Crippen LogP contribution in [-0.4, -0.2) is 74.4 Å². The zero-order chi connectivity index (χ0) is 21.7. The Labute approximate surface area is 177 Å². The van der Waals surface area contributed by atoms with E-state index in [1.807, 2.05) is 0 Å². The van der Waals surface area contributed by atoms with Crippen LogP contribution >= 0.6 is 0 Å². The van der Waals surface area contributed by atoms with Crippen LogP contribution in [-0.2, 0) is 16.1 Å². The second-order valence-electron chi connectivity index (χ2n) is 8.21. The Morgan fingerprint density at radius 3 is 2.50 bits per heavy atom. The monoisotopic (exact) mass is 418 g/mol. The van der Waals surface area contributed by atoms with Crippen molar-refractivity contribution in [3.05, 3.63) is 35.6 Å². The van der Waals surface area contributed by atoms with E-state index >= 15 is 0 Å². The summed E-state index contributed by atoms with van der Waals surface area (Å²) < 4.78 is 24.3. The minimum absolute atomic E-state index is 0.0216. The standard InChI is InChI=1S/C22H31FN4O3/c1-16(2)13-27(20(28)15-29-4)14-19-21(17-5-7-18(23)8-6-17)24-30-22(19)26-11-9-25(3)10-12-26/h5-8,16H,9-15H2,1-4H3. The molecule has 0 saturated carbocycles. The summed E-state index contributed by atoms with van der Waals surface area (Å²) in [6.45, 7) is 8.60. The number of amides is 1. The molecule has 8 heteroatoms. The summed E-state index contributed by atoms with van der Waals surface area (Å²) in [4.78, 5) is 18.9. The van der Waals surface area contributed by atoms with E-state index in [1.54, 1.807) is 17.0 Å². The van der Waals surface area contributed by atoms with Crippen LogP contribution in [0.5, 0.6) is 0 Å². The number of methoxy groups -OCH3 is 1. The number of nitrogens with zero attached hydrogens (tertiary/aromatic N) is 4. The maximum Gasteiger partial charge on any atom is 0.248 e. The van der Waals surface area contributed by atoms with Crippen molar-refractivity contribution in [1.29, 1.82) is 0 Å². The first-order chi connectivity index (χ1) is 14.4. The molecule has 0 N–H and O–H groups in total. The first kappa shape index (κ1) is 22.2. The summed E-state index contributed by atoms with van der Waals surface area (Å²) in [6, 6.07) is 6.19. The van der Waals surface area contributed by atoms with E-state index in [9.17, 15) is 9.18 Å². The number of likely N-dealkylation sites (N-methyl/N-ethyl adjacent to an activating group) is 1. The van der Waals surface area contributed by atoms with Crippen molar-refractivity contribution in [3.8, 4) is 11.3 Å². The molecule has 1 aliphatic heterocycles. The van der Waals surface area contributed by atoms with E-state index in [2.05, 4.69) is 35.9 Å². The Morgan fingerprint density at radius 2 is 1.90 bits per heavy atom. The van der Waals surface area contributed by atoms with Gasteiger partial charge in [0.2, 0.25) is 11.8 Å². The lowest BCUT2D eigenvalue weighted by molar-refractivity contribution is -0.136. The van der Waals surface area contributed by atoms with Gasteiger partial charge in [0.15, 0.2) is 0 Å². The number of halogens is 1. The van der Waals surface area contributed by atoms with Gasteiger partial charge in [0.1, 0.15) is 18.1 Å². The molecule has 1 aromatic heterocycles. The van der Waals surface area contributed by atoms with Crippen LogP contribution < -0.4 is 4.90 Å². The molecule has 1 fully saturated rings. The number of hydrogen-bond donors (Lipinski definition) is 0. The van der Waals surface area contributed by atoms with Gasteiger partial charge < -0.3 is 24.0 Å². The molecule has 0 unspecified atom stereocenters. The molecule has 1 amide bonds. The van der Waals surface area contributed by atoms with Gasteiger partial charge in [-0.05, 0) is 37.2 Å². The summed E-state index contributed by atoms with van der Waals surface area (Å²) in [5.41, 5.74) is 2.25. The van der Waals surface area contributed by atoms with Crippen molar-refractivity contribution >= 4 is 11.8 Å². The van der Waals surface area contributed by atoms with E-state index in [0.717, 1.165) is 37.3 Å². The van der Waals surface area contributed by atoms with Gasteiger partial charge >= 0.3 is 0 Å². The van der Waals surface area contributed by atoms with Crippen LogP contribution in [0, 0.1) is 11.7 Å². The van der Waals surface area contributed by atoms with Gasteiger partial charge in [-0.25, -0.2) is 4.39 Å². The molecule has 3 rings (SSSR count). The molecule has 1 aliphatic rings. The van der Waals surface area contributed by atoms with Crippen LogP contribution in [0.2, 0.25) is 0 Å². The molecule has 7 nitrogen and oxygen atoms in total. The average molecular weight is 419 g/mol. The lowest BCUT2D eigenvalue weighted by Gasteiger charge is -2.33. The van der Waals surface area contributed by atoms with Gasteiger partial charge in [-0.2, -0.15) is 0 Å². The molecule has 30 heavy (non-hydrogen) atoms. The number of ether oxygens (including phenoxy) is 1. The van der Waals surface area contributed by atoms with Gasteiger partial charge in [0.05, 0.1) is 12.1 Å². The molecule has 0 radical (unpaired) electrons. The quantitative estimate of drug-likeness (QED) is 0.657. The normalized spacial score (nSPS) is 15.1. The number of hydrogen-bond acceptors (Lipinski definition) is 6. The summed E-state index contributed by atoms with van der Waals surface area (Å²) in [7, 11) is 3.61. The molecule has 0 spiro atoms. The molecular weight excluding hydrogens is 387 g/mol. The van der Waals surface area contributed by atoms with Gasteiger partial charge in [-0.15, -0.1) is 0 Å². The molecular formula is C22H31FN4O3. The SMILES string of the molecule is COCC(=O)N(Cc1c(-c2ccc(F)cc2)noc1N1CCN(C)CC1)CC(C)C. The van der Waals surface area contributed by atoms with Gasteiger partial charge in [-0.1, -0.05) is 19.0 Å². The van der Waals surface area contributed by atoms with E-state index in [1.165, 1.54) is 19.2 Å². The highest BCUT2D eigenvalue weighted by molar-refractivity contribution is 5.78. The Bertz CT molecular complexity index is 829. The van der Waals surface area contributed by atoms with Crippen molar-refractivity contribution in [2.75, 3.05) is 58.4 Å². The van der Waals surface area contributed by atoms with Gasteiger partial charge in [0.25, 0.3) is 0 Å². The van der Waals surface area contributed by atoms with Crippen LogP contribution in [0.1, 0.15) is 19.4 Å². The highest BCUT2D eigenvalue weighted by Gasteiger charge is 2.28. The Balaban J connectivity index is 1.98. The highest BCUT2D eigenvalue weighted by Crippen LogP contribution is 2.33. The summed E-state index contributed by atoms with van der Waals surface area (Å²) in [5.74, 6) is 0.593. The zero-order valence-electron chi connectivity index (χ0n) is 18.2. The highest BCUT2D eigenvalue weighted by atomic mass is 19.1. The number of rotatable bonds is 8.